The Bertz CT molecular complexity index is 1330. The number of benzene rings is 1. The van der Waals surface area contributed by atoms with Gasteiger partial charge in [-0.05, 0) is 12.1 Å². The SMILES string of the molecule is O=[N+]([O-])c1ccc(O[C@@H]2O[C@H](CO)[C@H](O)[C@H](O)[C@H]2O)cc1.OCC1OC(OC2C(O)C(CO)OC(OC3C(O)C(O)OC(CO)C3O)C2O)C(O)C(O)C1O. The molecule has 15 N–H and O–H groups in total. The number of aliphatic hydroxyl groups is 15. The van der Waals surface area contributed by atoms with Crippen LogP contribution in [0, 0.1) is 10.1 Å². The number of nitrogens with zero attached hydrogens (tertiary/aromatic N) is 1. The Hall–Kier alpha value is -2.42. The number of ether oxygens (including phenoxy) is 7. The smallest absolute Gasteiger partial charge is 0.269 e. The summed E-state index contributed by atoms with van der Waals surface area (Å²) >= 11 is 0. The zero-order valence-electron chi connectivity index (χ0n) is 28.5. The summed E-state index contributed by atoms with van der Waals surface area (Å²) in [6, 6.07) is 5.03. The lowest BCUT2D eigenvalue weighted by Crippen LogP contribution is -2.66. The van der Waals surface area contributed by atoms with E-state index in [0.29, 0.717) is 0 Å². The Morgan fingerprint density at radius 3 is 1.33 bits per heavy atom. The minimum atomic E-state index is -1.92. The number of nitro benzene ring substituents is 1. The topological polar surface area (TPSA) is 411 Å². The van der Waals surface area contributed by atoms with E-state index in [1.165, 1.54) is 24.3 Å². The third kappa shape index (κ3) is 10.2. The molecule has 4 fully saturated rings. The van der Waals surface area contributed by atoms with Crippen molar-refractivity contribution in [3.8, 4) is 5.75 Å². The lowest BCUT2D eigenvalue weighted by atomic mass is 9.96. The molecule has 0 aromatic heterocycles. The molecule has 4 aliphatic heterocycles. The average molecular weight is 806 g/mol. The molecule has 5 rings (SSSR count). The quantitative estimate of drug-likeness (QED) is 0.0729. The van der Waals surface area contributed by atoms with Crippen LogP contribution in [0.2, 0.25) is 0 Å². The van der Waals surface area contributed by atoms with Gasteiger partial charge in [0.25, 0.3) is 5.69 Å². The highest BCUT2D eigenvalue weighted by Gasteiger charge is 2.53. The summed E-state index contributed by atoms with van der Waals surface area (Å²) in [4.78, 5) is 9.95. The Morgan fingerprint density at radius 1 is 0.491 bits per heavy atom. The van der Waals surface area contributed by atoms with E-state index in [-0.39, 0.29) is 11.4 Å². The monoisotopic (exact) mass is 805 g/mol. The van der Waals surface area contributed by atoms with Gasteiger partial charge in [0.15, 0.2) is 18.9 Å². The first-order valence-electron chi connectivity index (χ1n) is 16.7. The predicted octanol–water partition coefficient (Wildman–Crippen LogP) is -8.80. The Labute approximate surface area is 310 Å². The molecule has 316 valence electrons. The highest BCUT2D eigenvalue weighted by molar-refractivity contribution is 5.36. The molecule has 1 aromatic carbocycles. The molecular formula is C30H47NO24. The van der Waals surface area contributed by atoms with Gasteiger partial charge in [-0.15, -0.1) is 0 Å². The molecule has 25 heteroatoms. The summed E-state index contributed by atoms with van der Waals surface area (Å²) in [7, 11) is 0. The molecule has 4 saturated heterocycles. The van der Waals surface area contributed by atoms with Crippen molar-refractivity contribution in [3.05, 3.63) is 34.4 Å². The Balaban J connectivity index is 0.000000274. The maximum atomic E-state index is 10.7. The first-order chi connectivity index (χ1) is 26.0. The molecular weight excluding hydrogens is 758 g/mol. The maximum absolute atomic E-state index is 10.7. The van der Waals surface area contributed by atoms with Gasteiger partial charge in [0.2, 0.25) is 6.29 Å². The zero-order chi connectivity index (χ0) is 40.9. The van der Waals surface area contributed by atoms with E-state index in [4.69, 9.17) is 38.3 Å². The van der Waals surface area contributed by atoms with E-state index in [0.717, 1.165) is 0 Å². The van der Waals surface area contributed by atoms with Crippen molar-refractivity contribution >= 4 is 5.69 Å². The number of aliphatic hydroxyl groups excluding tert-OH is 15. The van der Waals surface area contributed by atoms with Crippen LogP contribution >= 0.6 is 0 Å². The first kappa shape index (κ1) is 45.3. The van der Waals surface area contributed by atoms with Gasteiger partial charge >= 0.3 is 0 Å². The second kappa shape index (κ2) is 19.8. The molecule has 1 aromatic rings. The summed E-state index contributed by atoms with van der Waals surface area (Å²) in [6.45, 7) is -2.89. The molecule has 25 nitrogen and oxygen atoms in total. The molecule has 0 spiro atoms. The second-order valence-electron chi connectivity index (χ2n) is 12.9. The van der Waals surface area contributed by atoms with E-state index < -0.39 is 154 Å². The minimum Gasteiger partial charge on any atom is -0.462 e. The fourth-order valence-corrected chi connectivity index (χ4v) is 5.99. The average Bonchev–Trinajstić information content (AvgIpc) is 3.17. The fraction of sp³-hybridized carbons (Fsp3) is 0.800. The summed E-state index contributed by atoms with van der Waals surface area (Å²) in [6.07, 6.45) is -32.5. The van der Waals surface area contributed by atoms with Gasteiger partial charge in [0, 0.05) is 12.1 Å². The largest absolute Gasteiger partial charge is 0.462 e. The first-order valence-corrected chi connectivity index (χ1v) is 16.7. The van der Waals surface area contributed by atoms with Gasteiger partial charge in [0.05, 0.1) is 31.4 Å². The molecule has 0 bridgehead atoms. The normalized spacial score (nSPS) is 44.9. The molecule has 20 atom stereocenters. The third-order valence-corrected chi connectivity index (χ3v) is 9.24. The van der Waals surface area contributed by atoms with Crippen LogP contribution in [0.4, 0.5) is 5.69 Å². The minimum absolute atomic E-state index is 0.129. The zero-order valence-corrected chi connectivity index (χ0v) is 28.5. The Morgan fingerprint density at radius 2 is 0.873 bits per heavy atom. The summed E-state index contributed by atoms with van der Waals surface area (Å²) in [5.74, 6) is 0.171. The predicted molar refractivity (Wildman–Crippen MR) is 169 cm³/mol. The molecule has 0 amide bonds. The molecule has 4 heterocycles. The van der Waals surface area contributed by atoms with Crippen LogP contribution in [0.1, 0.15) is 0 Å². The van der Waals surface area contributed by atoms with Crippen LogP contribution in [-0.4, -0.2) is 231 Å². The number of hydrogen-bond donors (Lipinski definition) is 15. The van der Waals surface area contributed by atoms with E-state index in [9.17, 15) is 81.6 Å². The van der Waals surface area contributed by atoms with Gasteiger partial charge in [-0.3, -0.25) is 10.1 Å². The van der Waals surface area contributed by atoms with Gasteiger partial charge in [-0.2, -0.15) is 0 Å². The second-order valence-corrected chi connectivity index (χ2v) is 12.9. The molecule has 0 saturated carbocycles. The molecule has 4 aliphatic rings. The number of rotatable bonds is 11. The number of hydrogen-bond acceptors (Lipinski definition) is 24. The van der Waals surface area contributed by atoms with Gasteiger partial charge in [-0.25, -0.2) is 0 Å². The molecule has 0 radical (unpaired) electrons. The highest BCUT2D eigenvalue weighted by Crippen LogP contribution is 2.32. The molecule has 55 heavy (non-hydrogen) atoms. The lowest BCUT2D eigenvalue weighted by molar-refractivity contribution is -0.384. The van der Waals surface area contributed by atoms with Gasteiger partial charge in [0.1, 0.15) is 103 Å². The van der Waals surface area contributed by atoms with Crippen LogP contribution in [0.5, 0.6) is 5.75 Å². The van der Waals surface area contributed by atoms with Crippen molar-refractivity contribution in [1.29, 1.82) is 0 Å². The van der Waals surface area contributed by atoms with Crippen molar-refractivity contribution in [3.63, 3.8) is 0 Å². The number of non-ortho nitro benzene ring substituents is 1. The number of nitro groups is 1. The fourth-order valence-electron chi connectivity index (χ4n) is 5.99. The molecule has 15 unspecified atom stereocenters. The van der Waals surface area contributed by atoms with Crippen LogP contribution in [0.25, 0.3) is 0 Å². The maximum Gasteiger partial charge on any atom is 0.269 e. The van der Waals surface area contributed by atoms with Gasteiger partial charge < -0.3 is 110 Å². The van der Waals surface area contributed by atoms with Crippen LogP contribution in [0.15, 0.2) is 24.3 Å². The van der Waals surface area contributed by atoms with Crippen molar-refractivity contribution in [2.75, 3.05) is 26.4 Å². The van der Waals surface area contributed by atoms with Crippen molar-refractivity contribution in [1.82, 2.24) is 0 Å². The van der Waals surface area contributed by atoms with Crippen molar-refractivity contribution < 1.29 is 115 Å². The van der Waals surface area contributed by atoms with Crippen LogP contribution in [0.3, 0.4) is 0 Å². The van der Waals surface area contributed by atoms with E-state index in [1.54, 1.807) is 0 Å². The standard InChI is InChI=1S/C18H32O16.C12H15NO8/c19-1-4-7(22)10(25)11(26)17(31-4)34-15-9(24)6(3-21)32-18(13(15)28)33-14-8(23)5(2-20)30-16(29)12(14)27;14-5-8-9(15)10(16)11(17)12(21-8)20-7-3-1-6(2-4-7)13(18)19/h4-29H,1-3H2;1-4,8-12,14-17H,5H2/t;8-,9+,10+,11-,12-/m.1/s1. The summed E-state index contributed by atoms with van der Waals surface area (Å²) in [5.41, 5.74) is -0.129. The van der Waals surface area contributed by atoms with Crippen molar-refractivity contribution in [2.24, 2.45) is 0 Å². The summed E-state index contributed by atoms with van der Waals surface area (Å²) in [5, 5.41) is 158. The van der Waals surface area contributed by atoms with Crippen LogP contribution in [-0.2, 0) is 28.4 Å². The van der Waals surface area contributed by atoms with Crippen LogP contribution < -0.4 is 4.74 Å². The van der Waals surface area contributed by atoms with Crippen molar-refractivity contribution in [2.45, 2.75) is 123 Å². The van der Waals surface area contributed by atoms with E-state index >= 15 is 0 Å². The third-order valence-electron chi connectivity index (χ3n) is 9.24. The Kier molecular flexibility index (Phi) is 16.3. The summed E-state index contributed by atoms with van der Waals surface area (Å²) < 4.78 is 36.6. The highest BCUT2D eigenvalue weighted by atomic mass is 16.7. The van der Waals surface area contributed by atoms with E-state index in [2.05, 4.69) is 0 Å². The molecule has 0 aliphatic carbocycles. The lowest BCUT2D eigenvalue weighted by Gasteiger charge is -2.47. The van der Waals surface area contributed by atoms with Gasteiger partial charge in [-0.1, -0.05) is 0 Å². The van der Waals surface area contributed by atoms with E-state index in [1.807, 2.05) is 0 Å².